The molecule has 0 aliphatic carbocycles. The minimum atomic E-state index is -1.09. The zero-order chi connectivity index (χ0) is 11.0. The van der Waals surface area contributed by atoms with E-state index in [0.717, 1.165) is 5.39 Å². The molecule has 1 aromatic heterocycles. The molecule has 0 aliphatic rings. The van der Waals surface area contributed by atoms with Crippen LogP contribution in [0.25, 0.3) is 10.9 Å². The fraction of sp³-hybridized carbons (Fsp3) is 0. The van der Waals surface area contributed by atoms with Crippen molar-refractivity contribution in [1.82, 2.24) is 4.98 Å². The van der Waals surface area contributed by atoms with Crippen molar-refractivity contribution in [3.05, 3.63) is 40.0 Å². The summed E-state index contributed by atoms with van der Waals surface area (Å²) in [5.74, 6) is -1.09. The van der Waals surface area contributed by atoms with Crippen molar-refractivity contribution in [2.75, 3.05) is 0 Å². The zero-order valence-corrected chi connectivity index (χ0v) is 8.88. The quantitative estimate of drug-likeness (QED) is 0.834. The van der Waals surface area contributed by atoms with Crippen molar-refractivity contribution in [1.29, 1.82) is 0 Å². The number of hydrogen-bond acceptors (Lipinski definition) is 2. The zero-order valence-electron chi connectivity index (χ0n) is 7.37. The molecular formula is C10H5Cl2NO2. The number of carboxylic acids is 1. The Kier molecular flexibility index (Phi) is 2.50. The van der Waals surface area contributed by atoms with Crippen LogP contribution in [-0.4, -0.2) is 16.1 Å². The van der Waals surface area contributed by atoms with Crippen molar-refractivity contribution in [3.63, 3.8) is 0 Å². The second-order valence-corrected chi connectivity index (χ2v) is 3.72. The highest BCUT2D eigenvalue weighted by Gasteiger charge is 2.09. The predicted molar refractivity (Wildman–Crippen MR) is 58.7 cm³/mol. The van der Waals surface area contributed by atoms with Gasteiger partial charge in [0.2, 0.25) is 0 Å². The summed E-state index contributed by atoms with van der Waals surface area (Å²) in [6.07, 6.45) is 0. The molecule has 1 heterocycles. The number of rotatable bonds is 1. The number of aromatic nitrogens is 1. The lowest BCUT2D eigenvalue weighted by atomic mass is 10.2. The predicted octanol–water partition coefficient (Wildman–Crippen LogP) is 3.24. The first kappa shape index (κ1) is 10.2. The number of benzene rings is 1. The Labute approximate surface area is 95.3 Å². The first-order chi connectivity index (χ1) is 7.09. The van der Waals surface area contributed by atoms with Crippen LogP contribution in [0.1, 0.15) is 10.5 Å². The van der Waals surface area contributed by atoms with E-state index in [1.54, 1.807) is 18.2 Å². The molecule has 1 aromatic carbocycles. The fourth-order valence-corrected chi connectivity index (χ4v) is 1.62. The van der Waals surface area contributed by atoms with Crippen LogP contribution in [0.2, 0.25) is 10.0 Å². The molecule has 0 atom stereocenters. The van der Waals surface area contributed by atoms with Crippen molar-refractivity contribution >= 4 is 40.1 Å². The maximum atomic E-state index is 10.7. The highest BCUT2D eigenvalue weighted by Crippen LogP contribution is 2.29. The average Bonchev–Trinajstić information content (AvgIpc) is 2.23. The van der Waals surface area contributed by atoms with Crippen molar-refractivity contribution in [2.45, 2.75) is 0 Å². The first-order valence-corrected chi connectivity index (χ1v) is 4.83. The highest BCUT2D eigenvalue weighted by atomic mass is 35.5. The standard InChI is InChI=1S/C10H5Cl2NO2/c11-6-3-1-5-2-4-7(10(14)15)13-9(5)8(6)12/h1-4H,(H,14,15). The second kappa shape index (κ2) is 3.68. The van der Waals surface area contributed by atoms with Crippen LogP contribution in [0.15, 0.2) is 24.3 Å². The molecule has 3 nitrogen and oxygen atoms in total. The Morgan fingerprint density at radius 3 is 2.53 bits per heavy atom. The van der Waals surface area contributed by atoms with E-state index in [2.05, 4.69) is 4.98 Å². The summed E-state index contributed by atoms with van der Waals surface area (Å²) < 4.78 is 0. The topological polar surface area (TPSA) is 50.2 Å². The van der Waals surface area contributed by atoms with Crippen LogP contribution in [0.4, 0.5) is 0 Å². The number of pyridine rings is 1. The van der Waals surface area contributed by atoms with Crippen molar-refractivity contribution in [2.24, 2.45) is 0 Å². The molecule has 15 heavy (non-hydrogen) atoms. The van der Waals surface area contributed by atoms with E-state index >= 15 is 0 Å². The summed E-state index contributed by atoms with van der Waals surface area (Å²) >= 11 is 11.7. The van der Waals surface area contributed by atoms with Crippen LogP contribution in [0.5, 0.6) is 0 Å². The minimum absolute atomic E-state index is 0.0494. The van der Waals surface area contributed by atoms with Gasteiger partial charge >= 0.3 is 5.97 Å². The molecule has 2 aromatic rings. The molecule has 1 N–H and O–H groups in total. The van der Waals surface area contributed by atoms with Crippen molar-refractivity contribution < 1.29 is 9.90 Å². The van der Waals surface area contributed by atoms with E-state index in [1.807, 2.05) is 0 Å². The van der Waals surface area contributed by atoms with Crippen LogP contribution >= 0.6 is 23.2 Å². The molecule has 0 aliphatic heterocycles. The second-order valence-electron chi connectivity index (χ2n) is 2.93. The Bertz CT molecular complexity index is 554. The first-order valence-electron chi connectivity index (χ1n) is 4.07. The molecule has 0 amide bonds. The smallest absolute Gasteiger partial charge is 0.354 e. The number of carboxylic acid groups (broad SMARTS) is 1. The van der Waals surface area contributed by atoms with Crippen LogP contribution in [0, 0.1) is 0 Å². The molecule has 2 rings (SSSR count). The third kappa shape index (κ3) is 1.76. The van der Waals surface area contributed by atoms with Crippen LogP contribution in [0.3, 0.4) is 0 Å². The number of aromatic carboxylic acids is 1. The number of fused-ring (bicyclic) bond motifs is 1. The Balaban J connectivity index is 2.79. The molecule has 0 spiro atoms. The minimum Gasteiger partial charge on any atom is -0.477 e. The van der Waals surface area contributed by atoms with Gasteiger partial charge in [0.1, 0.15) is 5.69 Å². The monoisotopic (exact) mass is 241 g/mol. The summed E-state index contributed by atoms with van der Waals surface area (Å²) in [7, 11) is 0. The molecule has 5 heteroatoms. The van der Waals surface area contributed by atoms with Crippen LogP contribution in [-0.2, 0) is 0 Å². The molecule has 0 bridgehead atoms. The van der Waals surface area contributed by atoms with Gasteiger partial charge in [0.05, 0.1) is 15.6 Å². The van der Waals surface area contributed by atoms with E-state index < -0.39 is 5.97 Å². The summed E-state index contributed by atoms with van der Waals surface area (Å²) in [6.45, 7) is 0. The van der Waals surface area contributed by atoms with E-state index in [-0.39, 0.29) is 10.7 Å². The lowest BCUT2D eigenvalue weighted by Gasteiger charge is -2.02. The average molecular weight is 242 g/mol. The largest absolute Gasteiger partial charge is 0.477 e. The van der Waals surface area contributed by atoms with Gasteiger partial charge in [-0.3, -0.25) is 0 Å². The van der Waals surface area contributed by atoms with Gasteiger partial charge in [0.15, 0.2) is 0 Å². The number of hydrogen-bond donors (Lipinski definition) is 1. The van der Waals surface area contributed by atoms with Gasteiger partial charge in [0.25, 0.3) is 0 Å². The summed E-state index contributed by atoms with van der Waals surface area (Å²) in [5, 5.41) is 10.2. The summed E-state index contributed by atoms with van der Waals surface area (Å²) in [6, 6.07) is 6.46. The van der Waals surface area contributed by atoms with Gasteiger partial charge in [0, 0.05) is 5.39 Å². The Hall–Kier alpha value is -1.32. The van der Waals surface area contributed by atoms with Gasteiger partial charge < -0.3 is 5.11 Å². The summed E-state index contributed by atoms with van der Waals surface area (Å²) in [4.78, 5) is 14.6. The van der Waals surface area contributed by atoms with E-state index in [0.29, 0.717) is 10.5 Å². The van der Waals surface area contributed by atoms with Gasteiger partial charge in [-0.2, -0.15) is 0 Å². The molecule has 0 unspecified atom stereocenters. The number of nitrogens with zero attached hydrogens (tertiary/aromatic N) is 1. The Morgan fingerprint density at radius 1 is 1.20 bits per heavy atom. The van der Waals surface area contributed by atoms with Gasteiger partial charge in [-0.1, -0.05) is 35.3 Å². The fourth-order valence-electron chi connectivity index (χ4n) is 1.25. The third-order valence-electron chi connectivity index (χ3n) is 1.97. The Morgan fingerprint density at radius 2 is 1.87 bits per heavy atom. The van der Waals surface area contributed by atoms with Gasteiger partial charge in [-0.25, -0.2) is 9.78 Å². The maximum Gasteiger partial charge on any atom is 0.354 e. The lowest BCUT2D eigenvalue weighted by Crippen LogP contribution is -1.99. The number of halogens is 2. The van der Waals surface area contributed by atoms with E-state index in [9.17, 15) is 4.79 Å². The normalized spacial score (nSPS) is 10.5. The molecule has 0 saturated carbocycles. The highest BCUT2D eigenvalue weighted by molar-refractivity contribution is 6.45. The maximum absolute atomic E-state index is 10.7. The molecule has 0 radical (unpaired) electrons. The molecule has 76 valence electrons. The molecule has 0 fully saturated rings. The van der Waals surface area contributed by atoms with Gasteiger partial charge in [-0.15, -0.1) is 0 Å². The molecular weight excluding hydrogens is 237 g/mol. The van der Waals surface area contributed by atoms with E-state index in [1.165, 1.54) is 6.07 Å². The van der Waals surface area contributed by atoms with E-state index in [4.69, 9.17) is 28.3 Å². The molecule has 0 saturated heterocycles. The number of carbonyl (C=O) groups is 1. The van der Waals surface area contributed by atoms with Crippen molar-refractivity contribution in [3.8, 4) is 0 Å². The van der Waals surface area contributed by atoms with Gasteiger partial charge in [-0.05, 0) is 12.1 Å². The third-order valence-corrected chi connectivity index (χ3v) is 2.77. The lowest BCUT2D eigenvalue weighted by molar-refractivity contribution is 0.0691. The van der Waals surface area contributed by atoms with Crippen LogP contribution < -0.4 is 0 Å². The SMILES string of the molecule is O=C(O)c1ccc2ccc(Cl)c(Cl)c2n1. The summed E-state index contributed by atoms with van der Waals surface area (Å²) in [5.41, 5.74) is 0.357.